The molecule has 150 valence electrons. The van der Waals surface area contributed by atoms with Crippen LogP contribution >= 0.6 is 0 Å². The molecule has 1 atom stereocenters. The van der Waals surface area contributed by atoms with Crippen LogP contribution in [0.5, 0.6) is 0 Å². The van der Waals surface area contributed by atoms with E-state index in [9.17, 15) is 31.5 Å². The van der Waals surface area contributed by atoms with Crippen LogP contribution < -0.4 is 10.5 Å². The lowest BCUT2D eigenvalue weighted by Crippen LogP contribution is -2.28. The maximum Gasteiger partial charge on any atom is 0.419 e. The van der Waals surface area contributed by atoms with Crippen molar-refractivity contribution in [2.45, 2.75) is 17.2 Å². The van der Waals surface area contributed by atoms with Crippen LogP contribution in [0.25, 0.3) is 11.1 Å². The Morgan fingerprint density at radius 2 is 1.82 bits per heavy atom. The van der Waals surface area contributed by atoms with E-state index >= 15 is 0 Å². The van der Waals surface area contributed by atoms with Gasteiger partial charge in [-0.05, 0) is 35.9 Å². The highest BCUT2D eigenvalue weighted by molar-refractivity contribution is 7.89. The number of rotatable bonds is 5. The van der Waals surface area contributed by atoms with Crippen LogP contribution in [0.1, 0.15) is 17.2 Å². The first-order chi connectivity index (χ1) is 13.0. The van der Waals surface area contributed by atoms with Gasteiger partial charge in [0.2, 0.25) is 10.0 Å². The molecule has 0 fully saturated rings. The summed E-state index contributed by atoms with van der Waals surface area (Å²) in [5.41, 5.74) is -0.251. The Bertz CT molecular complexity index is 1160. The van der Waals surface area contributed by atoms with Gasteiger partial charge in [-0.15, -0.1) is 0 Å². The number of alkyl halides is 3. The van der Waals surface area contributed by atoms with Crippen molar-refractivity contribution in [2.75, 3.05) is 6.54 Å². The standard InChI is InChI=1S/C17H15F3N2O5S/c1-22-13-8-12(6-7-15(13)27-16(22)24)28(25,26)21-9-14(23)10-2-4-11(5-3-10)17(18,19)20/h2-8,14,21,23H,9H2,1H3/t14-/m1/s1. The summed E-state index contributed by atoms with van der Waals surface area (Å²) in [6, 6.07) is 7.58. The monoisotopic (exact) mass is 416 g/mol. The summed E-state index contributed by atoms with van der Waals surface area (Å²) < 4.78 is 70.8. The minimum absolute atomic E-state index is 0.128. The van der Waals surface area contributed by atoms with Gasteiger partial charge in [0.1, 0.15) is 0 Å². The number of sulfonamides is 1. The van der Waals surface area contributed by atoms with Crippen LogP contribution in [0.15, 0.2) is 56.6 Å². The number of aliphatic hydroxyl groups is 1. The number of hydrogen-bond donors (Lipinski definition) is 2. The van der Waals surface area contributed by atoms with Crippen LogP contribution in [0.3, 0.4) is 0 Å². The van der Waals surface area contributed by atoms with E-state index in [0.29, 0.717) is 0 Å². The van der Waals surface area contributed by atoms with Crippen molar-refractivity contribution in [1.29, 1.82) is 0 Å². The molecule has 3 aromatic rings. The minimum atomic E-state index is -4.50. The van der Waals surface area contributed by atoms with Crippen molar-refractivity contribution in [3.8, 4) is 0 Å². The van der Waals surface area contributed by atoms with E-state index < -0.39 is 40.2 Å². The van der Waals surface area contributed by atoms with Gasteiger partial charge in [0, 0.05) is 13.6 Å². The first kappa shape index (κ1) is 20.1. The molecule has 1 heterocycles. The minimum Gasteiger partial charge on any atom is -0.408 e. The molecule has 0 bridgehead atoms. The smallest absolute Gasteiger partial charge is 0.408 e. The third-order valence-corrected chi connectivity index (χ3v) is 5.58. The molecule has 0 aliphatic rings. The largest absolute Gasteiger partial charge is 0.419 e. The quantitative estimate of drug-likeness (QED) is 0.664. The third-order valence-electron chi connectivity index (χ3n) is 4.16. The number of nitrogens with zero attached hydrogens (tertiary/aromatic N) is 1. The van der Waals surface area contributed by atoms with Gasteiger partial charge < -0.3 is 9.52 Å². The molecule has 0 aliphatic heterocycles. The molecule has 0 amide bonds. The van der Waals surface area contributed by atoms with Gasteiger partial charge in [0.05, 0.1) is 22.1 Å². The first-order valence-electron chi connectivity index (χ1n) is 7.93. The van der Waals surface area contributed by atoms with E-state index in [1.165, 1.54) is 25.2 Å². The highest BCUT2D eigenvalue weighted by Gasteiger charge is 2.30. The zero-order valence-electron chi connectivity index (χ0n) is 14.4. The molecule has 28 heavy (non-hydrogen) atoms. The Hall–Kier alpha value is -2.63. The van der Waals surface area contributed by atoms with E-state index in [0.717, 1.165) is 28.8 Å². The Labute approximate surface area is 157 Å². The highest BCUT2D eigenvalue weighted by Crippen LogP contribution is 2.30. The van der Waals surface area contributed by atoms with E-state index in [1.54, 1.807) is 0 Å². The lowest BCUT2D eigenvalue weighted by atomic mass is 10.1. The summed E-state index contributed by atoms with van der Waals surface area (Å²) in [6.45, 7) is -0.448. The summed E-state index contributed by atoms with van der Waals surface area (Å²) in [5, 5.41) is 10.1. The van der Waals surface area contributed by atoms with Crippen LogP contribution in [0, 0.1) is 0 Å². The van der Waals surface area contributed by atoms with E-state index in [2.05, 4.69) is 4.72 Å². The SMILES string of the molecule is Cn1c(=O)oc2ccc(S(=O)(=O)NC[C@@H](O)c3ccc(C(F)(F)F)cc3)cc21. The van der Waals surface area contributed by atoms with Crippen molar-refractivity contribution in [3.63, 3.8) is 0 Å². The van der Waals surface area contributed by atoms with E-state index in [4.69, 9.17) is 4.42 Å². The molecule has 11 heteroatoms. The number of fused-ring (bicyclic) bond motifs is 1. The summed E-state index contributed by atoms with van der Waals surface area (Å²) >= 11 is 0. The first-order valence-corrected chi connectivity index (χ1v) is 9.42. The van der Waals surface area contributed by atoms with Gasteiger partial charge >= 0.3 is 11.9 Å². The zero-order valence-corrected chi connectivity index (χ0v) is 15.2. The number of halogens is 3. The van der Waals surface area contributed by atoms with Gasteiger partial charge in [-0.2, -0.15) is 13.2 Å². The normalized spacial score (nSPS) is 13.8. The molecule has 2 aromatic carbocycles. The number of aliphatic hydroxyl groups excluding tert-OH is 1. The topological polar surface area (TPSA) is 102 Å². The number of aryl methyl sites for hydroxylation is 1. The predicted octanol–water partition coefficient (Wildman–Crippen LogP) is 2.16. The second-order valence-corrected chi connectivity index (χ2v) is 7.81. The molecule has 0 saturated heterocycles. The molecule has 3 rings (SSSR count). The average Bonchev–Trinajstić information content (AvgIpc) is 2.93. The van der Waals surface area contributed by atoms with Crippen LogP contribution in [-0.2, 0) is 23.2 Å². The van der Waals surface area contributed by atoms with E-state index in [1.807, 2.05) is 0 Å². The van der Waals surface area contributed by atoms with Crippen LogP contribution in [-0.4, -0.2) is 24.6 Å². The van der Waals surface area contributed by atoms with Gasteiger partial charge in [0.15, 0.2) is 5.58 Å². The molecule has 0 unspecified atom stereocenters. The summed E-state index contributed by atoms with van der Waals surface area (Å²) in [6.07, 6.45) is -5.85. The van der Waals surface area contributed by atoms with Gasteiger partial charge in [-0.25, -0.2) is 17.9 Å². The molecule has 1 aromatic heterocycles. The maximum atomic E-state index is 12.6. The average molecular weight is 416 g/mol. The van der Waals surface area contributed by atoms with Crippen molar-refractivity contribution >= 4 is 21.1 Å². The number of nitrogens with one attached hydrogen (secondary N) is 1. The highest BCUT2D eigenvalue weighted by atomic mass is 32.2. The number of oxazole rings is 1. The van der Waals surface area contributed by atoms with Crippen molar-refractivity contribution < 1.29 is 31.1 Å². The Balaban J connectivity index is 1.76. The van der Waals surface area contributed by atoms with Crippen molar-refractivity contribution in [2.24, 2.45) is 7.05 Å². The summed E-state index contributed by atoms with van der Waals surface area (Å²) in [7, 11) is -2.62. The Morgan fingerprint density at radius 3 is 2.43 bits per heavy atom. The molecule has 0 spiro atoms. The maximum absolute atomic E-state index is 12.6. The number of aromatic nitrogens is 1. The predicted molar refractivity (Wildman–Crippen MR) is 93.0 cm³/mol. The fourth-order valence-corrected chi connectivity index (χ4v) is 3.62. The van der Waals surface area contributed by atoms with Gasteiger partial charge in [-0.1, -0.05) is 12.1 Å². The summed E-state index contributed by atoms with van der Waals surface area (Å²) in [5.74, 6) is -0.643. The summed E-state index contributed by atoms with van der Waals surface area (Å²) in [4.78, 5) is 11.3. The Morgan fingerprint density at radius 1 is 1.18 bits per heavy atom. The number of hydrogen-bond acceptors (Lipinski definition) is 5. The second-order valence-electron chi connectivity index (χ2n) is 6.04. The van der Waals surface area contributed by atoms with Crippen LogP contribution in [0.2, 0.25) is 0 Å². The van der Waals surface area contributed by atoms with Crippen molar-refractivity contribution in [1.82, 2.24) is 9.29 Å². The number of benzene rings is 2. The van der Waals surface area contributed by atoms with Gasteiger partial charge in [-0.3, -0.25) is 4.57 Å². The van der Waals surface area contributed by atoms with Crippen LogP contribution in [0.4, 0.5) is 13.2 Å². The molecule has 0 saturated carbocycles. The second kappa shape index (κ2) is 7.08. The molecule has 0 aliphatic carbocycles. The molecular formula is C17H15F3N2O5S. The zero-order chi connectivity index (χ0) is 20.7. The fourth-order valence-electron chi connectivity index (χ4n) is 2.56. The molecule has 0 radical (unpaired) electrons. The Kier molecular flexibility index (Phi) is 5.08. The lowest BCUT2D eigenvalue weighted by Gasteiger charge is -2.14. The third kappa shape index (κ3) is 3.96. The van der Waals surface area contributed by atoms with Crippen molar-refractivity contribution in [3.05, 3.63) is 64.1 Å². The molecular weight excluding hydrogens is 401 g/mol. The van der Waals surface area contributed by atoms with E-state index in [-0.39, 0.29) is 21.6 Å². The molecule has 7 nitrogen and oxygen atoms in total. The fraction of sp³-hybridized carbons (Fsp3) is 0.235. The molecule has 2 N–H and O–H groups in total. The lowest BCUT2D eigenvalue weighted by molar-refractivity contribution is -0.137. The van der Waals surface area contributed by atoms with Gasteiger partial charge in [0.25, 0.3) is 0 Å².